The van der Waals surface area contributed by atoms with Crippen LogP contribution in [-0.2, 0) is 17.9 Å². The number of nitrogens with zero attached hydrogens (tertiary/aromatic N) is 4. The van der Waals surface area contributed by atoms with Gasteiger partial charge in [-0.15, -0.1) is 0 Å². The summed E-state index contributed by atoms with van der Waals surface area (Å²) in [4.78, 5) is 21.6. The van der Waals surface area contributed by atoms with E-state index in [1.54, 1.807) is 7.11 Å². The van der Waals surface area contributed by atoms with E-state index in [1.807, 2.05) is 60.5 Å². The predicted octanol–water partition coefficient (Wildman–Crippen LogP) is 3.92. The first kappa shape index (κ1) is 22.0. The minimum absolute atomic E-state index is 0.0387. The van der Waals surface area contributed by atoms with Crippen molar-refractivity contribution in [2.75, 3.05) is 27.2 Å². The Morgan fingerprint density at radius 3 is 2.59 bits per heavy atom. The molecule has 1 aliphatic heterocycles. The van der Waals surface area contributed by atoms with Gasteiger partial charge in [-0.3, -0.25) is 9.69 Å². The number of ether oxygens (including phenoxy) is 1. The van der Waals surface area contributed by atoms with E-state index in [4.69, 9.17) is 9.26 Å². The summed E-state index contributed by atoms with van der Waals surface area (Å²) < 4.78 is 10.9. The highest BCUT2D eigenvalue weighted by Crippen LogP contribution is 2.24. The minimum atomic E-state index is 0.0387. The minimum Gasteiger partial charge on any atom is -0.496 e. The molecule has 0 spiro atoms. The number of para-hydroxylation sites is 1. The number of rotatable bonds is 7. The Labute approximate surface area is 189 Å². The molecule has 2 heterocycles. The zero-order valence-corrected chi connectivity index (χ0v) is 19.0. The third-order valence-electron chi connectivity index (χ3n) is 6.05. The maximum absolute atomic E-state index is 13.0. The molecular weight excluding hydrogens is 404 g/mol. The first-order chi connectivity index (χ1) is 15.5. The van der Waals surface area contributed by atoms with E-state index >= 15 is 0 Å². The number of benzene rings is 2. The van der Waals surface area contributed by atoms with Gasteiger partial charge in [0.25, 0.3) is 0 Å². The second kappa shape index (κ2) is 9.96. The third-order valence-corrected chi connectivity index (χ3v) is 6.05. The molecule has 0 radical (unpaired) electrons. The number of aromatic nitrogens is 2. The molecule has 0 N–H and O–H groups in total. The SMILES string of the molecule is COc1ccccc1CN(C)C(=O)C1CCN(Cc2nc(-c3ccc(C)cc3)no2)CC1. The van der Waals surface area contributed by atoms with Crippen molar-refractivity contribution in [1.82, 2.24) is 19.9 Å². The number of piperidine rings is 1. The lowest BCUT2D eigenvalue weighted by molar-refractivity contribution is -0.136. The number of carbonyl (C=O) groups excluding carboxylic acids is 1. The normalized spacial score (nSPS) is 15.0. The maximum atomic E-state index is 13.0. The van der Waals surface area contributed by atoms with Crippen LogP contribution in [0.3, 0.4) is 0 Å². The van der Waals surface area contributed by atoms with E-state index in [1.165, 1.54) is 5.56 Å². The van der Waals surface area contributed by atoms with Crippen LogP contribution in [0.4, 0.5) is 0 Å². The number of aryl methyl sites for hydroxylation is 1. The Kier molecular flexibility index (Phi) is 6.85. The van der Waals surface area contributed by atoms with E-state index in [0.29, 0.717) is 24.8 Å². The van der Waals surface area contributed by atoms with Gasteiger partial charge in [-0.2, -0.15) is 4.98 Å². The summed E-state index contributed by atoms with van der Waals surface area (Å²) in [6, 6.07) is 15.9. The monoisotopic (exact) mass is 434 g/mol. The van der Waals surface area contributed by atoms with Gasteiger partial charge < -0.3 is 14.2 Å². The number of carbonyl (C=O) groups is 1. The summed E-state index contributed by atoms with van der Waals surface area (Å²) in [5.74, 6) is 2.26. The van der Waals surface area contributed by atoms with E-state index in [9.17, 15) is 4.79 Å². The molecule has 1 aliphatic rings. The van der Waals surface area contributed by atoms with Crippen molar-refractivity contribution in [2.24, 2.45) is 5.92 Å². The van der Waals surface area contributed by atoms with Crippen molar-refractivity contribution in [3.8, 4) is 17.1 Å². The van der Waals surface area contributed by atoms with Crippen molar-refractivity contribution < 1.29 is 14.1 Å². The molecule has 0 atom stereocenters. The van der Waals surface area contributed by atoms with Crippen LogP contribution >= 0.6 is 0 Å². The molecule has 1 amide bonds. The molecule has 7 heteroatoms. The van der Waals surface area contributed by atoms with E-state index in [0.717, 1.165) is 42.8 Å². The first-order valence-electron chi connectivity index (χ1n) is 11.0. The fourth-order valence-electron chi connectivity index (χ4n) is 4.15. The molecule has 2 aromatic carbocycles. The van der Waals surface area contributed by atoms with Crippen LogP contribution in [0, 0.1) is 12.8 Å². The summed E-state index contributed by atoms with van der Waals surface area (Å²) in [7, 11) is 3.52. The van der Waals surface area contributed by atoms with Crippen LogP contribution in [-0.4, -0.2) is 53.1 Å². The molecule has 0 aliphatic carbocycles. The zero-order valence-electron chi connectivity index (χ0n) is 19.0. The summed E-state index contributed by atoms with van der Waals surface area (Å²) in [6.07, 6.45) is 1.65. The first-order valence-corrected chi connectivity index (χ1v) is 11.0. The second-order valence-electron chi connectivity index (χ2n) is 8.43. The molecule has 4 rings (SSSR count). The van der Waals surface area contributed by atoms with Gasteiger partial charge in [0.1, 0.15) is 5.75 Å². The standard InChI is InChI=1S/C25H30N4O3/c1-18-8-10-19(11-9-18)24-26-23(32-27-24)17-29-14-12-20(13-15-29)25(30)28(2)16-21-6-4-5-7-22(21)31-3/h4-11,20H,12-17H2,1-3H3. The topological polar surface area (TPSA) is 71.7 Å². The van der Waals surface area contributed by atoms with Crippen molar-refractivity contribution in [3.63, 3.8) is 0 Å². The maximum Gasteiger partial charge on any atom is 0.241 e. The number of hydrogen-bond acceptors (Lipinski definition) is 6. The van der Waals surface area contributed by atoms with Gasteiger partial charge in [0, 0.05) is 30.6 Å². The van der Waals surface area contributed by atoms with Crippen LogP contribution in [0.1, 0.15) is 29.9 Å². The highest BCUT2D eigenvalue weighted by molar-refractivity contribution is 5.78. The molecule has 1 saturated heterocycles. The molecule has 1 aromatic heterocycles. The fourth-order valence-corrected chi connectivity index (χ4v) is 4.15. The predicted molar refractivity (Wildman–Crippen MR) is 122 cm³/mol. The van der Waals surface area contributed by atoms with Gasteiger partial charge in [0.05, 0.1) is 13.7 Å². The van der Waals surface area contributed by atoms with Gasteiger partial charge in [-0.1, -0.05) is 53.2 Å². The number of hydrogen-bond donors (Lipinski definition) is 0. The summed E-state index contributed by atoms with van der Waals surface area (Å²) in [5, 5.41) is 4.12. The zero-order chi connectivity index (χ0) is 22.5. The quantitative estimate of drug-likeness (QED) is 0.561. The Morgan fingerprint density at radius 2 is 1.88 bits per heavy atom. The average molecular weight is 435 g/mol. The average Bonchev–Trinajstić information content (AvgIpc) is 3.28. The molecule has 0 bridgehead atoms. The number of methoxy groups -OCH3 is 1. The van der Waals surface area contributed by atoms with Crippen molar-refractivity contribution in [3.05, 3.63) is 65.5 Å². The molecule has 3 aromatic rings. The summed E-state index contributed by atoms with van der Waals surface area (Å²) in [6.45, 7) is 4.88. The van der Waals surface area contributed by atoms with Gasteiger partial charge >= 0.3 is 0 Å². The van der Waals surface area contributed by atoms with Gasteiger partial charge in [0.15, 0.2) is 0 Å². The van der Waals surface area contributed by atoms with Crippen LogP contribution in [0.15, 0.2) is 53.1 Å². The van der Waals surface area contributed by atoms with Crippen molar-refractivity contribution >= 4 is 5.91 Å². The van der Waals surface area contributed by atoms with Crippen molar-refractivity contribution in [2.45, 2.75) is 32.9 Å². The third kappa shape index (κ3) is 5.16. The fraction of sp³-hybridized carbons (Fsp3) is 0.400. The van der Waals surface area contributed by atoms with Crippen molar-refractivity contribution in [1.29, 1.82) is 0 Å². The molecule has 0 unspecified atom stereocenters. The number of likely N-dealkylation sites (tertiary alicyclic amines) is 1. The highest BCUT2D eigenvalue weighted by atomic mass is 16.5. The van der Waals surface area contributed by atoms with Gasteiger partial charge in [-0.05, 0) is 38.9 Å². The summed E-state index contributed by atoms with van der Waals surface area (Å²) >= 11 is 0. The van der Waals surface area contributed by atoms with Crippen LogP contribution in [0.2, 0.25) is 0 Å². The van der Waals surface area contributed by atoms with Gasteiger partial charge in [0.2, 0.25) is 17.6 Å². The van der Waals surface area contributed by atoms with E-state index in [2.05, 4.69) is 22.0 Å². The highest BCUT2D eigenvalue weighted by Gasteiger charge is 2.28. The van der Waals surface area contributed by atoms with Gasteiger partial charge in [-0.25, -0.2) is 0 Å². The lowest BCUT2D eigenvalue weighted by Crippen LogP contribution is -2.40. The molecule has 168 valence electrons. The van der Waals surface area contributed by atoms with Crippen LogP contribution < -0.4 is 4.74 Å². The molecular formula is C25H30N4O3. The Bertz CT molecular complexity index is 1040. The van der Waals surface area contributed by atoms with Crippen LogP contribution in [0.25, 0.3) is 11.4 Å². The number of amides is 1. The van der Waals surface area contributed by atoms with E-state index < -0.39 is 0 Å². The lowest BCUT2D eigenvalue weighted by Gasteiger charge is -2.32. The summed E-state index contributed by atoms with van der Waals surface area (Å²) in [5.41, 5.74) is 3.17. The Balaban J connectivity index is 1.28. The molecule has 1 fully saturated rings. The lowest BCUT2D eigenvalue weighted by atomic mass is 9.95. The molecule has 7 nitrogen and oxygen atoms in total. The second-order valence-corrected chi connectivity index (χ2v) is 8.43. The molecule has 0 saturated carbocycles. The molecule has 32 heavy (non-hydrogen) atoms. The van der Waals surface area contributed by atoms with Crippen LogP contribution in [0.5, 0.6) is 5.75 Å². The largest absolute Gasteiger partial charge is 0.496 e. The Morgan fingerprint density at radius 1 is 1.16 bits per heavy atom. The Hall–Kier alpha value is -3.19. The van der Waals surface area contributed by atoms with E-state index in [-0.39, 0.29) is 11.8 Å². The smallest absolute Gasteiger partial charge is 0.241 e.